The van der Waals surface area contributed by atoms with Crippen molar-refractivity contribution >= 4 is 29.0 Å². The summed E-state index contributed by atoms with van der Waals surface area (Å²) >= 11 is 6.27. The van der Waals surface area contributed by atoms with E-state index in [2.05, 4.69) is 5.32 Å². The van der Waals surface area contributed by atoms with Gasteiger partial charge in [-0.25, -0.2) is 0 Å². The number of ketones is 1. The van der Waals surface area contributed by atoms with E-state index in [1.54, 1.807) is 18.2 Å². The molecule has 0 radical (unpaired) electrons. The van der Waals surface area contributed by atoms with Crippen LogP contribution in [0.5, 0.6) is 11.5 Å². The van der Waals surface area contributed by atoms with Crippen LogP contribution in [0.1, 0.15) is 42.3 Å². The highest BCUT2D eigenvalue weighted by Crippen LogP contribution is 2.30. The second kappa shape index (κ2) is 9.42. The largest absolute Gasteiger partial charge is 0.493 e. The third-order valence-corrected chi connectivity index (χ3v) is 4.62. The maximum absolute atomic E-state index is 12.4. The fourth-order valence-electron chi connectivity index (χ4n) is 2.79. The van der Waals surface area contributed by atoms with E-state index in [0.29, 0.717) is 28.5 Å². The Morgan fingerprint density at radius 3 is 2.41 bits per heavy atom. The lowest BCUT2D eigenvalue weighted by molar-refractivity contribution is -0.118. The Labute approximate surface area is 164 Å². The molecule has 27 heavy (non-hydrogen) atoms. The quantitative estimate of drug-likeness (QED) is 0.665. The number of carbonyl (C=O) groups excluding carboxylic acids is 2. The normalized spacial score (nSPS) is 10.4. The molecule has 0 aliphatic heterocycles. The molecule has 144 valence electrons. The van der Waals surface area contributed by atoms with E-state index in [1.807, 2.05) is 26.0 Å². The molecular formula is C21H24ClNO4. The smallest absolute Gasteiger partial charge is 0.262 e. The minimum absolute atomic E-state index is 0.0715. The van der Waals surface area contributed by atoms with Crippen LogP contribution in [0.4, 0.5) is 5.69 Å². The molecule has 0 unspecified atom stereocenters. The molecule has 0 atom stereocenters. The van der Waals surface area contributed by atoms with Gasteiger partial charge in [-0.3, -0.25) is 9.59 Å². The number of halogens is 1. The van der Waals surface area contributed by atoms with Crippen molar-refractivity contribution < 1.29 is 19.1 Å². The van der Waals surface area contributed by atoms with Crippen LogP contribution in [0.3, 0.4) is 0 Å². The van der Waals surface area contributed by atoms with Crippen LogP contribution >= 0.6 is 11.6 Å². The van der Waals surface area contributed by atoms with Gasteiger partial charge in [0.1, 0.15) is 0 Å². The number of anilines is 1. The monoisotopic (exact) mass is 389 g/mol. The van der Waals surface area contributed by atoms with Crippen molar-refractivity contribution in [1.29, 1.82) is 0 Å². The molecule has 0 spiro atoms. The summed E-state index contributed by atoms with van der Waals surface area (Å²) in [5.74, 6) is 0.439. The van der Waals surface area contributed by atoms with Gasteiger partial charge in [0.25, 0.3) is 5.91 Å². The van der Waals surface area contributed by atoms with Crippen molar-refractivity contribution in [3.8, 4) is 11.5 Å². The number of carbonyl (C=O) groups is 2. The molecule has 0 bridgehead atoms. The Morgan fingerprint density at radius 2 is 1.81 bits per heavy atom. The molecule has 1 N–H and O–H groups in total. The summed E-state index contributed by atoms with van der Waals surface area (Å²) in [7, 11) is 1.49. The lowest BCUT2D eigenvalue weighted by Crippen LogP contribution is -2.22. The van der Waals surface area contributed by atoms with Gasteiger partial charge in [0.05, 0.1) is 7.11 Å². The minimum atomic E-state index is -0.292. The Bertz CT molecular complexity index is 848. The van der Waals surface area contributed by atoms with Gasteiger partial charge in [-0.2, -0.15) is 0 Å². The van der Waals surface area contributed by atoms with Crippen molar-refractivity contribution in [3.63, 3.8) is 0 Å². The molecule has 6 heteroatoms. The summed E-state index contributed by atoms with van der Waals surface area (Å²) in [6, 6.07) is 8.63. The number of amides is 1. The molecule has 1 amide bonds. The van der Waals surface area contributed by atoms with Gasteiger partial charge in [-0.1, -0.05) is 31.5 Å². The van der Waals surface area contributed by atoms with Gasteiger partial charge in [0, 0.05) is 16.3 Å². The number of benzene rings is 2. The van der Waals surface area contributed by atoms with Gasteiger partial charge in [0.15, 0.2) is 23.9 Å². The second-order valence-corrected chi connectivity index (χ2v) is 6.43. The van der Waals surface area contributed by atoms with Crippen LogP contribution in [0.15, 0.2) is 30.3 Å². The summed E-state index contributed by atoms with van der Waals surface area (Å²) < 4.78 is 10.8. The van der Waals surface area contributed by atoms with Gasteiger partial charge in [-0.05, 0) is 55.2 Å². The van der Waals surface area contributed by atoms with E-state index in [0.717, 1.165) is 23.2 Å². The molecule has 5 nitrogen and oxygen atoms in total. The fraction of sp³-hybridized carbons (Fsp3) is 0.333. The summed E-state index contributed by atoms with van der Waals surface area (Å²) in [5.41, 5.74) is 3.20. The zero-order valence-corrected chi connectivity index (χ0v) is 16.8. The van der Waals surface area contributed by atoms with Crippen LogP contribution in [0.25, 0.3) is 0 Å². The predicted molar refractivity (Wildman–Crippen MR) is 107 cm³/mol. The highest BCUT2D eigenvalue weighted by atomic mass is 35.5. The molecular weight excluding hydrogens is 366 g/mol. The molecule has 0 fully saturated rings. The molecule has 0 heterocycles. The number of Topliss-reactive ketones (excluding diaryl/α,β-unsaturated/α-hetero) is 1. The molecule has 2 rings (SSSR count). The first-order chi connectivity index (χ1) is 12.9. The molecule has 0 saturated heterocycles. The molecule has 2 aromatic rings. The topological polar surface area (TPSA) is 64.6 Å². The molecule has 0 saturated carbocycles. The lowest BCUT2D eigenvalue weighted by atomic mass is 10.0. The Kier molecular flexibility index (Phi) is 7.25. The SMILES string of the molecule is CCc1ccc(Cl)c(CC)c1NC(=O)COc1ccc(C(C)=O)cc1OC. The number of methoxy groups -OCH3 is 1. The Balaban J connectivity index is 2.14. The van der Waals surface area contributed by atoms with Crippen LogP contribution in [-0.4, -0.2) is 25.4 Å². The number of hydrogen-bond acceptors (Lipinski definition) is 4. The third kappa shape index (κ3) is 5.01. The van der Waals surface area contributed by atoms with Crippen LogP contribution in [0.2, 0.25) is 5.02 Å². The first-order valence-corrected chi connectivity index (χ1v) is 9.20. The van der Waals surface area contributed by atoms with E-state index in [-0.39, 0.29) is 18.3 Å². The van der Waals surface area contributed by atoms with Crippen molar-refractivity contribution in [3.05, 3.63) is 52.0 Å². The number of ether oxygens (including phenoxy) is 2. The van der Waals surface area contributed by atoms with Crippen molar-refractivity contribution in [2.24, 2.45) is 0 Å². The predicted octanol–water partition coefficient (Wildman–Crippen LogP) is 4.69. The summed E-state index contributed by atoms with van der Waals surface area (Å²) in [5, 5.41) is 3.55. The number of rotatable bonds is 8. The zero-order chi connectivity index (χ0) is 20.0. The summed E-state index contributed by atoms with van der Waals surface area (Å²) in [4.78, 5) is 23.9. The van der Waals surface area contributed by atoms with Crippen LogP contribution in [0, 0.1) is 0 Å². The van der Waals surface area contributed by atoms with E-state index in [1.165, 1.54) is 14.0 Å². The van der Waals surface area contributed by atoms with E-state index in [4.69, 9.17) is 21.1 Å². The minimum Gasteiger partial charge on any atom is -0.493 e. The van der Waals surface area contributed by atoms with Gasteiger partial charge >= 0.3 is 0 Å². The third-order valence-electron chi connectivity index (χ3n) is 4.27. The van der Waals surface area contributed by atoms with E-state index in [9.17, 15) is 9.59 Å². The van der Waals surface area contributed by atoms with E-state index >= 15 is 0 Å². The van der Waals surface area contributed by atoms with Crippen molar-refractivity contribution in [2.45, 2.75) is 33.6 Å². The molecule has 0 aromatic heterocycles. The maximum Gasteiger partial charge on any atom is 0.262 e. The van der Waals surface area contributed by atoms with Crippen LogP contribution in [-0.2, 0) is 17.6 Å². The first kappa shape index (κ1) is 20.8. The maximum atomic E-state index is 12.4. The fourth-order valence-corrected chi connectivity index (χ4v) is 3.08. The number of nitrogens with one attached hydrogen (secondary N) is 1. The van der Waals surface area contributed by atoms with Gasteiger partial charge in [0.2, 0.25) is 0 Å². The number of aryl methyl sites for hydroxylation is 1. The van der Waals surface area contributed by atoms with Crippen molar-refractivity contribution in [2.75, 3.05) is 19.0 Å². The molecule has 0 aliphatic rings. The zero-order valence-electron chi connectivity index (χ0n) is 16.0. The summed E-state index contributed by atoms with van der Waals surface area (Å²) in [6.45, 7) is 5.31. The average molecular weight is 390 g/mol. The Morgan fingerprint density at radius 1 is 1.07 bits per heavy atom. The number of hydrogen-bond donors (Lipinski definition) is 1. The van der Waals surface area contributed by atoms with Gasteiger partial charge < -0.3 is 14.8 Å². The molecule has 0 aliphatic carbocycles. The highest BCUT2D eigenvalue weighted by Gasteiger charge is 2.15. The average Bonchev–Trinajstić information content (AvgIpc) is 2.66. The molecule has 2 aromatic carbocycles. The first-order valence-electron chi connectivity index (χ1n) is 8.83. The lowest BCUT2D eigenvalue weighted by Gasteiger charge is -2.16. The van der Waals surface area contributed by atoms with E-state index < -0.39 is 0 Å². The second-order valence-electron chi connectivity index (χ2n) is 6.03. The van der Waals surface area contributed by atoms with Crippen molar-refractivity contribution in [1.82, 2.24) is 0 Å². The van der Waals surface area contributed by atoms with Gasteiger partial charge in [-0.15, -0.1) is 0 Å². The Hall–Kier alpha value is -2.53. The summed E-state index contributed by atoms with van der Waals surface area (Å²) in [6.07, 6.45) is 1.49. The van der Waals surface area contributed by atoms with Crippen LogP contribution < -0.4 is 14.8 Å². The standard InChI is InChI=1S/C21H24ClNO4/c1-5-14-7-9-17(22)16(6-2)21(14)23-20(25)12-27-18-10-8-15(13(3)24)11-19(18)26-4/h7-11H,5-6,12H2,1-4H3,(H,23,25). The highest BCUT2D eigenvalue weighted by molar-refractivity contribution is 6.32.